The van der Waals surface area contributed by atoms with E-state index in [0.717, 1.165) is 18.5 Å². The smallest absolute Gasteiger partial charge is 0.319 e. The number of nitrogens with one attached hydrogen (secondary N) is 2. The topological polar surface area (TPSA) is 41.1 Å². The third-order valence-electron chi connectivity index (χ3n) is 7.10. The van der Waals surface area contributed by atoms with E-state index in [4.69, 9.17) is 0 Å². The summed E-state index contributed by atoms with van der Waals surface area (Å²) >= 11 is 0. The lowest BCUT2D eigenvalue weighted by atomic mass is 9.72. The Morgan fingerprint density at radius 3 is 1.76 bits per heavy atom. The minimum Gasteiger partial charge on any atom is -0.337 e. The normalized spacial score (nSPS) is 11.8. The average Bonchev–Trinajstić information content (AvgIpc) is 2.83. The lowest BCUT2D eigenvalue weighted by Crippen LogP contribution is -2.43. The highest BCUT2D eigenvalue weighted by atomic mass is 16.2. The van der Waals surface area contributed by atoms with E-state index in [1.54, 1.807) is 0 Å². The summed E-state index contributed by atoms with van der Waals surface area (Å²) < 4.78 is 0. The summed E-state index contributed by atoms with van der Waals surface area (Å²) in [7, 11) is 0. The molecule has 2 amide bonds. The van der Waals surface area contributed by atoms with Crippen LogP contribution in [0.5, 0.6) is 0 Å². The highest BCUT2D eigenvalue weighted by Gasteiger charge is 2.32. The van der Waals surface area contributed by atoms with Gasteiger partial charge in [-0.05, 0) is 41.4 Å². The minimum absolute atomic E-state index is 0.0264. The van der Waals surface area contributed by atoms with Crippen molar-refractivity contribution in [2.45, 2.75) is 110 Å². The molecule has 2 aromatic carbocycles. The van der Waals surface area contributed by atoms with Crippen LogP contribution in [0.2, 0.25) is 0 Å². The minimum atomic E-state index is -0.0960. The van der Waals surface area contributed by atoms with Crippen LogP contribution in [0.4, 0.5) is 10.5 Å². The van der Waals surface area contributed by atoms with Crippen molar-refractivity contribution < 1.29 is 4.79 Å². The molecular weight excluding hydrogens is 416 g/mol. The first-order chi connectivity index (χ1) is 16.3. The quantitative estimate of drug-likeness (QED) is 0.269. The van der Waals surface area contributed by atoms with Crippen LogP contribution < -0.4 is 10.6 Å². The van der Waals surface area contributed by atoms with Gasteiger partial charge in [0.2, 0.25) is 0 Å². The molecule has 188 valence electrons. The fourth-order valence-electron chi connectivity index (χ4n) is 5.01. The monoisotopic (exact) mass is 464 g/mol. The Morgan fingerprint density at radius 2 is 1.29 bits per heavy atom. The predicted molar refractivity (Wildman–Crippen MR) is 148 cm³/mol. The number of amides is 2. The molecule has 0 aliphatic carbocycles. The summed E-state index contributed by atoms with van der Waals surface area (Å²) in [6.45, 7) is 13.9. The first-order valence-corrected chi connectivity index (χ1v) is 13.6. The maximum Gasteiger partial charge on any atom is 0.319 e. The van der Waals surface area contributed by atoms with E-state index in [9.17, 15) is 4.79 Å². The van der Waals surface area contributed by atoms with Gasteiger partial charge in [-0.1, -0.05) is 129 Å². The van der Waals surface area contributed by atoms with E-state index in [1.165, 1.54) is 55.2 Å². The number of hydrogen-bond acceptors (Lipinski definition) is 1. The van der Waals surface area contributed by atoms with Crippen molar-refractivity contribution in [3.8, 4) is 0 Å². The van der Waals surface area contributed by atoms with Gasteiger partial charge in [0.1, 0.15) is 0 Å². The molecule has 0 saturated heterocycles. The van der Waals surface area contributed by atoms with Gasteiger partial charge in [-0.2, -0.15) is 0 Å². The molecule has 3 nitrogen and oxygen atoms in total. The number of urea groups is 1. The van der Waals surface area contributed by atoms with Gasteiger partial charge in [0.15, 0.2) is 0 Å². The molecule has 0 fully saturated rings. The van der Waals surface area contributed by atoms with Gasteiger partial charge >= 0.3 is 6.03 Å². The van der Waals surface area contributed by atoms with E-state index < -0.39 is 0 Å². The Morgan fingerprint density at radius 1 is 0.765 bits per heavy atom. The molecule has 0 aliphatic rings. The van der Waals surface area contributed by atoms with Crippen LogP contribution in [-0.4, -0.2) is 12.6 Å². The van der Waals surface area contributed by atoms with E-state index in [2.05, 4.69) is 101 Å². The zero-order chi connectivity index (χ0) is 25.0. The molecule has 0 heterocycles. The van der Waals surface area contributed by atoms with E-state index >= 15 is 0 Å². The van der Waals surface area contributed by atoms with Gasteiger partial charge in [-0.3, -0.25) is 0 Å². The van der Waals surface area contributed by atoms with Crippen molar-refractivity contribution in [2.75, 3.05) is 11.9 Å². The molecular formula is C31H48N2O. The van der Waals surface area contributed by atoms with Crippen LogP contribution in [-0.2, 0) is 5.41 Å². The summed E-state index contributed by atoms with van der Waals surface area (Å²) in [5, 5.41) is 6.56. The third kappa shape index (κ3) is 7.89. The van der Waals surface area contributed by atoms with E-state index in [1.807, 2.05) is 0 Å². The highest BCUT2D eigenvalue weighted by molar-refractivity contribution is 5.91. The van der Waals surface area contributed by atoms with Gasteiger partial charge in [-0.15, -0.1) is 0 Å². The molecule has 34 heavy (non-hydrogen) atoms. The second-order valence-electron chi connectivity index (χ2n) is 10.5. The fourth-order valence-corrected chi connectivity index (χ4v) is 5.01. The predicted octanol–water partition coefficient (Wildman–Crippen LogP) is 9.15. The Kier molecular flexibility index (Phi) is 11.7. The molecule has 3 heteroatoms. The van der Waals surface area contributed by atoms with Crippen molar-refractivity contribution in [3.05, 3.63) is 65.2 Å². The van der Waals surface area contributed by atoms with Crippen LogP contribution in [0.15, 0.2) is 48.5 Å². The fraction of sp³-hybridized carbons (Fsp3) is 0.581. The van der Waals surface area contributed by atoms with Gasteiger partial charge in [0, 0.05) is 17.6 Å². The van der Waals surface area contributed by atoms with Crippen molar-refractivity contribution >= 4 is 11.7 Å². The number of carbonyl (C=O) groups is 1. The first kappa shape index (κ1) is 28.0. The van der Waals surface area contributed by atoms with Gasteiger partial charge in [-0.25, -0.2) is 4.79 Å². The molecule has 0 radical (unpaired) electrons. The largest absolute Gasteiger partial charge is 0.337 e. The van der Waals surface area contributed by atoms with Crippen molar-refractivity contribution in [2.24, 2.45) is 0 Å². The van der Waals surface area contributed by atoms with Crippen molar-refractivity contribution in [1.82, 2.24) is 5.32 Å². The molecule has 0 bridgehead atoms. The maximum absolute atomic E-state index is 13.3. The SMILES string of the molecule is CCCCCC(CCCCC)(CNC(=O)Nc1c(C(C)C)cccc1C(C)C)c1ccccc1. The number of hydrogen-bond donors (Lipinski definition) is 2. The molecule has 2 N–H and O–H groups in total. The second kappa shape index (κ2) is 14.2. The van der Waals surface area contributed by atoms with E-state index in [0.29, 0.717) is 18.4 Å². The van der Waals surface area contributed by atoms with E-state index in [-0.39, 0.29) is 11.4 Å². The summed E-state index contributed by atoms with van der Waals surface area (Å²) in [4.78, 5) is 13.3. The van der Waals surface area contributed by atoms with Gasteiger partial charge in [0.25, 0.3) is 0 Å². The van der Waals surface area contributed by atoms with Crippen molar-refractivity contribution in [3.63, 3.8) is 0 Å². The molecule has 0 aliphatic heterocycles. The Labute approximate surface area is 209 Å². The molecule has 0 atom stereocenters. The third-order valence-corrected chi connectivity index (χ3v) is 7.10. The summed E-state index contributed by atoms with van der Waals surface area (Å²) in [5.74, 6) is 0.695. The van der Waals surface area contributed by atoms with Crippen molar-refractivity contribution in [1.29, 1.82) is 0 Å². The lowest BCUT2D eigenvalue weighted by Gasteiger charge is -2.35. The summed E-state index contributed by atoms with van der Waals surface area (Å²) in [5.41, 5.74) is 4.70. The maximum atomic E-state index is 13.3. The van der Waals surface area contributed by atoms with Crippen LogP contribution in [0.25, 0.3) is 0 Å². The number of rotatable bonds is 14. The summed E-state index contributed by atoms with van der Waals surface area (Å²) in [6.07, 6.45) is 9.46. The number of unbranched alkanes of at least 4 members (excludes halogenated alkanes) is 4. The highest BCUT2D eigenvalue weighted by Crippen LogP contribution is 2.36. The zero-order valence-corrected chi connectivity index (χ0v) is 22.5. The Balaban J connectivity index is 2.28. The Hall–Kier alpha value is -2.29. The molecule has 0 spiro atoms. The van der Waals surface area contributed by atoms with Gasteiger partial charge in [0.05, 0.1) is 0 Å². The standard InChI is InChI=1S/C31H48N2O/c1-7-9-14-21-31(22-15-10-8-2,26-17-12-11-13-18-26)23-32-30(34)33-29-27(24(3)4)19-16-20-28(29)25(5)6/h11-13,16-20,24-25H,7-10,14-15,21-23H2,1-6H3,(H2,32,33,34). The first-order valence-electron chi connectivity index (χ1n) is 13.6. The zero-order valence-electron chi connectivity index (χ0n) is 22.5. The Bertz CT molecular complexity index is 821. The summed E-state index contributed by atoms with van der Waals surface area (Å²) in [6, 6.07) is 17.1. The molecule has 2 rings (SSSR count). The molecule has 2 aromatic rings. The lowest BCUT2D eigenvalue weighted by molar-refractivity contribution is 0.244. The van der Waals surface area contributed by atoms with Crippen LogP contribution >= 0.6 is 0 Å². The second-order valence-corrected chi connectivity index (χ2v) is 10.5. The molecule has 0 saturated carbocycles. The van der Waals surface area contributed by atoms with Crippen LogP contribution in [0.3, 0.4) is 0 Å². The number of benzene rings is 2. The van der Waals surface area contributed by atoms with Crippen LogP contribution in [0, 0.1) is 0 Å². The van der Waals surface area contributed by atoms with Crippen LogP contribution in [0.1, 0.15) is 121 Å². The molecule has 0 aromatic heterocycles. The number of para-hydroxylation sites is 1. The average molecular weight is 465 g/mol. The molecule has 0 unspecified atom stereocenters. The number of carbonyl (C=O) groups excluding carboxylic acids is 1. The van der Waals surface area contributed by atoms with Gasteiger partial charge < -0.3 is 10.6 Å². The number of anilines is 1.